The average molecular weight is 571 g/mol. The second kappa shape index (κ2) is 11.2. The van der Waals surface area contributed by atoms with Crippen molar-refractivity contribution in [1.29, 1.82) is 0 Å². The molecule has 206 valence electrons. The van der Waals surface area contributed by atoms with Crippen LogP contribution in [0.3, 0.4) is 0 Å². The number of aliphatic carboxylic acids is 1. The SMILES string of the molecule is C=[N+](C)C(=O)N(Cc1cn(-c2ccccc2)nc1-c1ccccc1)C(=O)C1C(=O)N(CC(=O)O)c2ccc(Cl)cc21. The Bertz CT molecular complexity index is 1690. The van der Waals surface area contributed by atoms with Crippen molar-refractivity contribution >= 4 is 47.8 Å². The van der Waals surface area contributed by atoms with Crippen LogP contribution >= 0.6 is 11.6 Å². The van der Waals surface area contributed by atoms with E-state index in [0.717, 1.165) is 25.6 Å². The average Bonchev–Trinajstić information content (AvgIpc) is 3.50. The first-order valence-corrected chi connectivity index (χ1v) is 12.9. The second-order valence-corrected chi connectivity index (χ2v) is 9.94. The standard InChI is InChI=1S/C30H24ClN5O5/c1-33(2)30(41)35(29(40)26-23-15-21(31)13-14-24(23)34(28(26)39)18-25(37)38)16-20-17-36(22-11-7-4-8-12-22)32-27(20)19-9-5-3-6-10-19/h3-15,17,26H,1,16,18H2,2H3/p+1. The zero-order valence-electron chi connectivity index (χ0n) is 22.0. The molecule has 0 fully saturated rings. The van der Waals surface area contributed by atoms with E-state index in [-0.39, 0.29) is 22.8 Å². The molecule has 0 spiro atoms. The Morgan fingerprint density at radius 3 is 2.34 bits per heavy atom. The number of benzene rings is 3. The Labute approximate surface area is 240 Å². The molecular formula is C30H25ClN5O5+. The zero-order valence-corrected chi connectivity index (χ0v) is 22.7. The molecule has 0 saturated heterocycles. The number of carboxylic acids is 1. The highest BCUT2D eigenvalue weighted by molar-refractivity contribution is 6.31. The van der Waals surface area contributed by atoms with Crippen LogP contribution < -0.4 is 4.90 Å². The summed E-state index contributed by atoms with van der Waals surface area (Å²) in [6, 6.07) is 22.4. The second-order valence-electron chi connectivity index (χ2n) is 9.51. The number of imide groups is 1. The van der Waals surface area contributed by atoms with Gasteiger partial charge in [0.25, 0.3) is 0 Å². The van der Waals surface area contributed by atoms with Gasteiger partial charge in [-0.1, -0.05) is 60.1 Å². The minimum absolute atomic E-state index is 0.224. The molecular weight excluding hydrogens is 546 g/mol. The molecule has 4 amide bonds. The lowest BCUT2D eigenvalue weighted by Gasteiger charge is -2.18. The first kappa shape index (κ1) is 27.5. The van der Waals surface area contributed by atoms with Gasteiger partial charge < -0.3 is 5.11 Å². The van der Waals surface area contributed by atoms with Gasteiger partial charge in [-0.15, -0.1) is 0 Å². The Hall–Kier alpha value is -5.09. The molecule has 0 saturated carbocycles. The van der Waals surface area contributed by atoms with E-state index in [1.165, 1.54) is 25.2 Å². The highest BCUT2D eigenvalue weighted by Gasteiger charge is 2.49. The number of carbonyl (C=O) groups excluding carboxylic acids is 3. The Morgan fingerprint density at radius 1 is 1.05 bits per heavy atom. The number of rotatable bonds is 7. The summed E-state index contributed by atoms with van der Waals surface area (Å²) in [6.07, 6.45) is 1.73. The molecule has 5 rings (SSSR count). The van der Waals surface area contributed by atoms with Crippen molar-refractivity contribution in [3.63, 3.8) is 0 Å². The van der Waals surface area contributed by atoms with Crippen molar-refractivity contribution < 1.29 is 28.9 Å². The number of carboxylic acid groups (broad SMARTS) is 1. The highest BCUT2D eigenvalue weighted by atomic mass is 35.5. The van der Waals surface area contributed by atoms with Crippen molar-refractivity contribution in [3.8, 4) is 16.9 Å². The van der Waals surface area contributed by atoms with Gasteiger partial charge in [-0.3, -0.25) is 14.5 Å². The third kappa shape index (κ3) is 5.37. The van der Waals surface area contributed by atoms with E-state index >= 15 is 0 Å². The number of fused-ring (bicyclic) bond motifs is 1. The fourth-order valence-corrected chi connectivity index (χ4v) is 4.98. The van der Waals surface area contributed by atoms with E-state index in [0.29, 0.717) is 11.3 Å². The fraction of sp³-hybridized carbons (Fsp3) is 0.133. The van der Waals surface area contributed by atoms with Crippen LogP contribution in [0.1, 0.15) is 17.0 Å². The number of hydrogen-bond donors (Lipinski definition) is 1. The monoisotopic (exact) mass is 570 g/mol. The molecule has 1 unspecified atom stereocenters. The summed E-state index contributed by atoms with van der Waals surface area (Å²) in [6.45, 7) is 2.77. The van der Waals surface area contributed by atoms with Crippen LogP contribution in [0.15, 0.2) is 85.1 Å². The molecule has 1 atom stereocenters. The number of para-hydroxylation sites is 1. The molecule has 10 nitrogen and oxygen atoms in total. The largest absolute Gasteiger partial charge is 0.500 e. The van der Waals surface area contributed by atoms with Crippen molar-refractivity contribution in [3.05, 3.63) is 101 Å². The summed E-state index contributed by atoms with van der Waals surface area (Å²) in [5, 5.41) is 14.4. The van der Waals surface area contributed by atoms with E-state index in [9.17, 15) is 24.3 Å². The smallest absolute Gasteiger partial charge is 0.480 e. The summed E-state index contributed by atoms with van der Waals surface area (Å²) in [5.74, 6) is -4.32. The Morgan fingerprint density at radius 2 is 1.71 bits per heavy atom. The lowest BCUT2D eigenvalue weighted by atomic mass is 9.98. The topological polar surface area (TPSA) is 116 Å². The summed E-state index contributed by atoms with van der Waals surface area (Å²) in [4.78, 5) is 54.5. The number of anilines is 1. The Kier molecular flexibility index (Phi) is 7.50. The maximum absolute atomic E-state index is 14.1. The van der Waals surface area contributed by atoms with Crippen LogP contribution in [-0.2, 0) is 20.9 Å². The number of hydrogen-bond acceptors (Lipinski definition) is 5. The number of amides is 4. The van der Waals surface area contributed by atoms with Crippen LogP contribution in [0.25, 0.3) is 16.9 Å². The zero-order chi connectivity index (χ0) is 29.3. The van der Waals surface area contributed by atoms with Gasteiger partial charge in [0.2, 0.25) is 5.91 Å². The summed E-state index contributed by atoms with van der Waals surface area (Å²) in [7, 11) is 1.39. The van der Waals surface area contributed by atoms with Crippen LogP contribution in [0.5, 0.6) is 0 Å². The number of urea groups is 1. The summed E-state index contributed by atoms with van der Waals surface area (Å²) in [5.41, 5.74) is 3.09. The van der Waals surface area contributed by atoms with E-state index in [2.05, 4.69) is 6.72 Å². The van der Waals surface area contributed by atoms with E-state index in [1.807, 2.05) is 60.7 Å². The van der Waals surface area contributed by atoms with Gasteiger partial charge in [-0.2, -0.15) is 14.8 Å². The molecule has 2 heterocycles. The molecule has 1 aliphatic heterocycles. The maximum Gasteiger partial charge on any atom is 0.500 e. The van der Waals surface area contributed by atoms with Gasteiger partial charge in [0.05, 0.1) is 25.1 Å². The molecule has 0 bridgehead atoms. The predicted octanol–water partition coefficient (Wildman–Crippen LogP) is 4.20. The van der Waals surface area contributed by atoms with Crippen molar-refractivity contribution in [2.45, 2.75) is 12.5 Å². The first-order valence-electron chi connectivity index (χ1n) is 12.6. The van der Waals surface area contributed by atoms with Gasteiger partial charge in [0, 0.05) is 33.6 Å². The number of carbonyl (C=O) groups is 4. The molecule has 4 aromatic rings. The summed E-state index contributed by atoms with van der Waals surface area (Å²) < 4.78 is 2.65. The maximum atomic E-state index is 14.1. The third-order valence-electron chi connectivity index (χ3n) is 6.65. The molecule has 3 aromatic carbocycles. The fourth-order valence-electron chi connectivity index (χ4n) is 4.80. The van der Waals surface area contributed by atoms with E-state index in [1.54, 1.807) is 10.9 Å². The van der Waals surface area contributed by atoms with E-state index < -0.39 is 36.3 Å². The van der Waals surface area contributed by atoms with E-state index in [4.69, 9.17) is 16.7 Å². The van der Waals surface area contributed by atoms with Gasteiger partial charge in [0.1, 0.15) is 13.1 Å². The van der Waals surface area contributed by atoms with Crippen LogP contribution in [0, 0.1) is 0 Å². The lowest BCUT2D eigenvalue weighted by molar-refractivity contribution is -0.392. The number of nitrogens with zero attached hydrogens (tertiary/aromatic N) is 5. The van der Waals surface area contributed by atoms with Gasteiger partial charge in [-0.05, 0) is 30.3 Å². The van der Waals surface area contributed by atoms with Crippen molar-refractivity contribution in [2.75, 3.05) is 18.5 Å². The molecule has 1 aromatic heterocycles. The molecule has 0 radical (unpaired) electrons. The third-order valence-corrected chi connectivity index (χ3v) is 6.89. The minimum Gasteiger partial charge on any atom is -0.480 e. The van der Waals surface area contributed by atoms with Crippen LogP contribution in [-0.4, -0.2) is 68.5 Å². The molecule has 1 N–H and O–H groups in total. The van der Waals surface area contributed by atoms with Crippen LogP contribution in [0.2, 0.25) is 5.02 Å². The number of aromatic nitrogens is 2. The minimum atomic E-state index is -1.48. The number of halogens is 1. The van der Waals surface area contributed by atoms with Crippen molar-refractivity contribution in [1.82, 2.24) is 14.7 Å². The summed E-state index contributed by atoms with van der Waals surface area (Å²) >= 11 is 6.20. The lowest BCUT2D eigenvalue weighted by Crippen LogP contribution is -2.45. The normalized spacial score (nSPS) is 14.0. The molecule has 11 heteroatoms. The first-order chi connectivity index (χ1) is 19.7. The van der Waals surface area contributed by atoms with Gasteiger partial charge in [-0.25, -0.2) is 14.1 Å². The molecule has 0 aliphatic carbocycles. The molecule has 1 aliphatic rings. The molecule has 41 heavy (non-hydrogen) atoms. The Balaban J connectivity index is 1.59. The van der Waals surface area contributed by atoms with Crippen LogP contribution in [0.4, 0.5) is 10.5 Å². The highest BCUT2D eigenvalue weighted by Crippen LogP contribution is 2.40. The quantitative estimate of drug-likeness (QED) is 0.202. The van der Waals surface area contributed by atoms with Crippen molar-refractivity contribution in [2.24, 2.45) is 0 Å². The van der Waals surface area contributed by atoms with Gasteiger partial charge >= 0.3 is 17.9 Å². The predicted molar refractivity (Wildman–Crippen MR) is 152 cm³/mol. The van der Waals surface area contributed by atoms with Gasteiger partial charge in [0.15, 0.2) is 5.92 Å².